The van der Waals surface area contributed by atoms with E-state index < -0.39 is 11.7 Å². The van der Waals surface area contributed by atoms with Crippen LogP contribution in [-0.4, -0.2) is 46.8 Å². The lowest BCUT2D eigenvalue weighted by Crippen LogP contribution is -2.40. The van der Waals surface area contributed by atoms with Crippen molar-refractivity contribution in [2.24, 2.45) is 12.0 Å². The van der Waals surface area contributed by atoms with Gasteiger partial charge in [-0.1, -0.05) is 25.1 Å². The fourth-order valence-electron chi connectivity index (χ4n) is 3.85. The van der Waals surface area contributed by atoms with E-state index in [1.807, 2.05) is 31.8 Å². The molecule has 2 atom stereocenters. The highest BCUT2D eigenvalue weighted by Crippen LogP contribution is 2.32. The van der Waals surface area contributed by atoms with Gasteiger partial charge in [0.2, 0.25) is 0 Å². The third-order valence-electron chi connectivity index (χ3n) is 5.63. The van der Waals surface area contributed by atoms with Crippen molar-refractivity contribution in [2.45, 2.75) is 44.7 Å². The summed E-state index contributed by atoms with van der Waals surface area (Å²) in [7, 11) is 1.92. The highest BCUT2D eigenvalue weighted by molar-refractivity contribution is 14.0. The zero-order valence-electron chi connectivity index (χ0n) is 18.2. The Morgan fingerprint density at radius 1 is 1.35 bits per heavy atom. The van der Waals surface area contributed by atoms with Gasteiger partial charge in [0.1, 0.15) is 0 Å². The van der Waals surface area contributed by atoms with Crippen molar-refractivity contribution >= 4 is 29.9 Å². The van der Waals surface area contributed by atoms with Gasteiger partial charge in [-0.05, 0) is 42.9 Å². The van der Waals surface area contributed by atoms with Crippen molar-refractivity contribution in [3.8, 4) is 0 Å². The zero-order chi connectivity index (χ0) is 21.7. The molecule has 0 spiro atoms. The molecule has 1 N–H and O–H groups in total. The molecule has 3 rings (SSSR count). The summed E-state index contributed by atoms with van der Waals surface area (Å²) in [4.78, 5) is 7.01. The zero-order valence-corrected chi connectivity index (χ0v) is 20.5. The number of aryl methyl sites for hydroxylation is 1. The van der Waals surface area contributed by atoms with E-state index in [9.17, 15) is 13.2 Å². The summed E-state index contributed by atoms with van der Waals surface area (Å²) in [6.07, 6.45) is 1.42. The summed E-state index contributed by atoms with van der Waals surface area (Å²) in [5, 5.41) is 7.62. The summed E-state index contributed by atoms with van der Waals surface area (Å²) in [5.41, 5.74) is 1.35. The fraction of sp³-hybridized carbons (Fsp3) is 0.545. The van der Waals surface area contributed by atoms with E-state index in [4.69, 9.17) is 4.99 Å². The minimum atomic E-state index is -4.31. The Kier molecular flexibility index (Phi) is 9.20. The number of alkyl halides is 3. The van der Waals surface area contributed by atoms with Crippen LogP contribution in [0, 0.1) is 0 Å². The lowest BCUT2D eigenvalue weighted by atomic mass is 9.96. The Morgan fingerprint density at radius 2 is 2.13 bits per heavy atom. The van der Waals surface area contributed by atoms with Gasteiger partial charge in [0.25, 0.3) is 0 Å². The Balaban J connectivity index is 0.00000341. The molecule has 5 nitrogen and oxygen atoms in total. The standard InChI is InChI=1S/C22H30F3N5.HI/c1-4-26-21(30-11-9-18(15-30)19-13-28-29(3)14-19)27-10-8-16(2)17-6-5-7-20(12-17)22(23,24)25;/h5-7,12-14,16,18H,4,8-11,15H2,1-3H3,(H,26,27);1H. The molecule has 1 aromatic heterocycles. The predicted molar refractivity (Wildman–Crippen MR) is 128 cm³/mol. The first-order valence-corrected chi connectivity index (χ1v) is 10.5. The summed E-state index contributed by atoms with van der Waals surface area (Å²) in [6, 6.07) is 5.60. The van der Waals surface area contributed by atoms with Crippen molar-refractivity contribution in [3.05, 3.63) is 53.3 Å². The highest BCUT2D eigenvalue weighted by Gasteiger charge is 2.30. The molecule has 0 bridgehead atoms. The number of halogens is 4. The maximum Gasteiger partial charge on any atom is 0.416 e. The third-order valence-corrected chi connectivity index (χ3v) is 5.63. The molecule has 2 heterocycles. The van der Waals surface area contributed by atoms with Gasteiger partial charge in [-0.25, -0.2) is 0 Å². The average molecular weight is 549 g/mol. The number of rotatable bonds is 6. The first kappa shape index (κ1) is 25.5. The minimum absolute atomic E-state index is 0. The number of benzene rings is 1. The number of hydrogen-bond donors (Lipinski definition) is 1. The van der Waals surface area contributed by atoms with E-state index in [2.05, 4.69) is 21.5 Å². The topological polar surface area (TPSA) is 45.5 Å². The van der Waals surface area contributed by atoms with E-state index in [0.29, 0.717) is 24.4 Å². The fourth-order valence-corrected chi connectivity index (χ4v) is 3.85. The number of nitrogens with one attached hydrogen (secondary N) is 1. The van der Waals surface area contributed by atoms with Gasteiger partial charge in [0.05, 0.1) is 11.8 Å². The normalized spacial score (nSPS) is 18.1. The molecule has 2 unspecified atom stereocenters. The molecule has 9 heteroatoms. The molecule has 1 aliphatic heterocycles. The molecular formula is C22H31F3IN5. The van der Waals surface area contributed by atoms with Crippen LogP contribution in [0.3, 0.4) is 0 Å². The number of aliphatic imine (C=N–C) groups is 1. The molecule has 0 aliphatic carbocycles. The highest BCUT2D eigenvalue weighted by atomic mass is 127. The van der Waals surface area contributed by atoms with Crippen molar-refractivity contribution < 1.29 is 13.2 Å². The smallest absolute Gasteiger partial charge is 0.357 e. The number of likely N-dealkylation sites (tertiary alicyclic amines) is 1. The SMILES string of the molecule is CCNC(=NCCC(C)c1cccc(C(F)(F)F)c1)N1CCC(c2cnn(C)c2)C1.I. The minimum Gasteiger partial charge on any atom is -0.357 e. The van der Waals surface area contributed by atoms with Gasteiger partial charge in [-0.3, -0.25) is 9.67 Å². The summed E-state index contributed by atoms with van der Waals surface area (Å²) >= 11 is 0. The Labute approximate surface area is 199 Å². The molecule has 172 valence electrons. The Hall–Kier alpha value is -1.78. The second kappa shape index (κ2) is 11.2. The first-order chi connectivity index (χ1) is 14.3. The molecule has 1 aliphatic rings. The number of guanidine groups is 1. The maximum atomic E-state index is 13.0. The van der Waals surface area contributed by atoms with Gasteiger partial charge in [-0.2, -0.15) is 18.3 Å². The lowest BCUT2D eigenvalue weighted by Gasteiger charge is -2.22. The number of hydrogen-bond acceptors (Lipinski definition) is 2. The summed E-state index contributed by atoms with van der Waals surface area (Å²) < 4.78 is 40.7. The van der Waals surface area contributed by atoms with E-state index in [-0.39, 0.29) is 29.9 Å². The van der Waals surface area contributed by atoms with Crippen LogP contribution in [-0.2, 0) is 13.2 Å². The molecular weight excluding hydrogens is 518 g/mol. The van der Waals surface area contributed by atoms with Gasteiger partial charge < -0.3 is 10.2 Å². The van der Waals surface area contributed by atoms with Gasteiger partial charge in [-0.15, -0.1) is 24.0 Å². The molecule has 0 radical (unpaired) electrons. The molecule has 2 aromatic rings. The van der Waals surface area contributed by atoms with Crippen molar-refractivity contribution in [1.82, 2.24) is 20.0 Å². The lowest BCUT2D eigenvalue weighted by molar-refractivity contribution is -0.137. The van der Waals surface area contributed by atoms with Gasteiger partial charge in [0, 0.05) is 45.3 Å². The van der Waals surface area contributed by atoms with Gasteiger partial charge >= 0.3 is 6.18 Å². The summed E-state index contributed by atoms with van der Waals surface area (Å²) in [5.74, 6) is 1.31. The van der Waals surface area contributed by atoms with E-state index >= 15 is 0 Å². The monoisotopic (exact) mass is 549 g/mol. The molecule has 0 saturated carbocycles. The van der Waals surface area contributed by atoms with Gasteiger partial charge in [0.15, 0.2) is 5.96 Å². The molecule has 1 saturated heterocycles. The van der Waals surface area contributed by atoms with Crippen LogP contribution >= 0.6 is 24.0 Å². The van der Waals surface area contributed by atoms with Crippen molar-refractivity contribution in [2.75, 3.05) is 26.2 Å². The summed E-state index contributed by atoms with van der Waals surface area (Å²) in [6.45, 7) is 7.14. The predicted octanol–water partition coefficient (Wildman–Crippen LogP) is 5.01. The number of nitrogens with zero attached hydrogens (tertiary/aromatic N) is 4. The van der Waals surface area contributed by atoms with Crippen molar-refractivity contribution in [3.63, 3.8) is 0 Å². The molecule has 31 heavy (non-hydrogen) atoms. The second-order valence-corrected chi connectivity index (χ2v) is 7.93. The van der Waals surface area contributed by atoms with Crippen LogP contribution in [0.25, 0.3) is 0 Å². The van der Waals surface area contributed by atoms with Crippen LogP contribution in [0.4, 0.5) is 13.2 Å². The van der Waals surface area contributed by atoms with Crippen LogP contribution in [0.1, 0.15) is 55.2 Å². The van der Waals surface area contributed by atoms with E-state index in [1.54, 1.807) is 6.07 Å². The van der Waals surface area contributed by atoms with Crippen LogP contribution in [0.5, 0.6) is 0 Å². The third kappa shape index (κ3) is 6.85. The van der Waals surface area contributed by atoms with E-state index in [1.165, 1.54) is 17.7 Å². The quantitative estimate of drug-likeness (QED) is 0.313. The molecule has 0 amide bonds. The maximum absolute atomic E-state index is 13.0. The largest absolute Gasteiger partial charge is 0.416 e. The van der Waals surface area contributed by atoms with E-state index in [0.717, 1.165) is 38.1 Å². The molecule has 1 fully saturated rings. The first-order valence-electron chi connectivity index (χ1n) is 10.5. The number of aromatic nitrogens is 2. The Bertz CT molecular complexity index is 865. The van der Waals surface area contributed by atoms with Crippen molar-refractivity contribution in [1.29, 1.82) is 0 Å². The van der Waals surface area contributed by atoms with Crippen LogP contribution < -0.4 is 5.32 Å². The van der Waals surface area contributed by atoms with Crippen LogP contribution in [0.15, 0.2) is 41.7 Å². The van der Waals surface area contributed by atoms with Crippen LogP contribution in [0.2, 0.25) is 0 Å². The average Bonchev–Trinajstić information content (AvgIpc) is 3.36. The molecule has 1 aromatic carbocycles. The Morgan fingerprint density at radius 3 is 2.77 bits per heavy atom. The second-order valence-electron chi connectivity index (χ2n) is 7.93.